The summed E-state index contributed by atoms with van der Waals surface area (Å²) in [5.74, 6) is 1.63. The molecule has 0 aromatic heterocycles. The summed E-state index contributed by atoms with van der Waals surface area (Å²) >= 11 is 0. The molecular weight excluding hydrogens is 371 g/mol. The topological polar surface area (TPSA) is 42.0 Å². The fourth-order valence-corrected chi connectivity index (χ4v) is 3.85. The van der Waals surface area contributed by atoms with Gasteiger partial charge < -0.3 is 14.4 Å². The van der Waals surface area contributed by atoms with E-state index in [0.717, 1.165) is 57.9 Å². The molecule has 6 heteroatoms. The monoisotopic (exact) mass is 398 g/mol. The fraction of sp³-hybridized carbons (Fsp3) is 0.435. The number of rotatable bonds is 7. The van der Waals surface area contributed by atoms with Gasteiger partial charge in [0.2, 0.25) is 5.91 Å². The first-order valence-corrected chi connectivity index (χ1v) is 10.3. The van der Waals surface area contributed by atoms with Crippen molar-refractivity contribution in [3.05, 3.63) is 59.4 Å². The summed E-state index contributed by atoms with van der Waals surface area (Å²) in [6.07, 6.45) is 2.29. The van der Waals surface area contributed by atoms with E-state index in [1.54, 1.807) is 12.1 Å². The van der Waals surface area contributed by atoms with E-state index in [-0.39, 0.29) is 11.7 Å². The molecule has 2 aromatic carbocycles. The minimum Gasteiger partial charge on any atom is -0.493 e. The van der Waals surface area contributed by atoms with Crippen molar-refractivity contribution >= 4 is 5.91 Å². The molecule has 29 heavy (non-hydrogen) atoms. The van der Waals surface area contributed by atoms with Crippen molar-refractivity contribution in [2.45, 2.75) is 19.3 Å². The Bertz CT molecular complexity index is 833. The lowest BCUT2D eigenvalue weighted by Gasteiger charge is -2.34. The number of benzene rings is 2. The second-order valence-corrected chi connectivity index (χ2v) is 7.57. The molecule has 0 bridgehead atoms. The van der Waals surface area contributed by atoms with E-state index in [2.05, 4.69) is 17.0 Å². The number of halogens is 1. The molecule has 5 nitrogen and oxygen atoms in total. The number of nitrogens with zero attached hydrogens (tertiary/aromatic N) is 2. The van der Waals surface area contributed by atoms with Gasteiger partial charge in [-0.15, -0.1) is 0 Å². The smallest absolute Gasteiger partial charge is 0.222 e. The number of hydrogen-bond donors (Lipinski definition) is 0. The highest BCUT2D eigenvalue weighted by Crippen LogP contribution is 2.26. The number of carbonyl (C=O) groups excluding carboxylic acids is 1. The Morgan fingerprint density at radius 2 is 1.86 bits per heavy atom. The van der Waals surface area contributed by atoms with Crippen LogP contribution in [0.15, 0.2) is 42.5 Å². The zero-order valence-electron chi connectivity index (χ0n) is 16.6. The third-order valence-electron chi connectivity index (χ3n) is 5.60. The molecule has 2 aliphatic heterocycles. The molecule has 0 spiro atoms. The van der Waals surface area contributed by atoms with Gasteiger partial charge in [-0.25, -0.2) is 4.39 Å². The van der Waals surface area contributed by atoms with Gasteiger partial charge in [0.15, 0.2) is 0 Å². The maximum atomic E-state index is 12.9. The Morgan fingerprint density at radius 1 is 1.07 bits per heavy atom. The molecule has 2 aromatic rings. The summed E-state index contributed by atoms with van der Waals surface area (Å²) in [7, 11) is 0. The highest BCUT2D eigenvalue weighted by Gasteiger charge is 2.21. The van der Waals surface area contributed by atoms with Gasteiger partial charge in [-0.1, -0.05) is 12.1 Å². The van der Waals surface area contributed by atoms with Gasteiger partial charge in [-0.05, 0) is 47.9 Å². The molecule has 0 unspecified atom stereocenters. The highest BCUT2D eigenvalue weighted by atomic mass is 19.1. The van der Waals surface area contributed by atoms with Crippen LogP contribution in [-0.4, -0.2) is 61.6 Å². The molecule has 0 atom stereocenters. The quantitative estimate of drug-likeness (QED) is 0.719. The maximum Gasteiger partial charge on any atom is 0.222 e. The van der Waals surface area contributed by atoms with Crippen LogP contribution in [0.3, 0.4) is 0 Å². The van der Waals surface area contributed by atoms with Gasteiger partial charge in [-0.2, -0.15) is 0 Å². The van der Waals surface area contributed by atoms with E-state index in [9.17, 15) is 9.18 Å². The zero-order valence-corrected chi connectivity index (χ0v) is 16.6. The first kappa shape index (κ1) is 19.7. The van der Waals surface area contributed by atoms with Crippen LogP contribution in [0.5, 0.6) is 11.5 Å². The van der Waals surface area contributed by atoms with E-state index in [1.165, 1.54) is 23.3 Å². The minimum atomic E-state index is -0.261. The normalized spacial score (nSPS) is 16.4. The van der Waals surface area contributed by atoms with Gasteiger partial charge in [0.25, 0.3) is 0 Å². The third kappa shape index (κ3) is 5.26. The molecule has 1 saturated heterocycles. The van der Waals surface area contributed by atoms with Crippen LogP contribution in [0.2, 0.25) is 0 Å². The maximum absolute atomic E-state index is 12.9. The molecular formula is C23H27FN2O3. The summed E-state index contributed by atoms with van der Waals surface area (Å²) in [5, 5.41) is 0. The molecule has 0 radical (unpaired) electrons. The lowest BCUT2D eigenvalue weighted by molar-refractivity contribution is -0.132. The van der Waals surface area contributed by atoms with E-state index >= 15 is 0 Å². The Kier molecular flexibility index (Phi) is 6.30. The van der Waals surface area contributed by atoms with Crippen molar-refractivity contribution in [1.29, 1.82) is 0 Å². The molecule has 4 rings (SSSR count). The second-order valence-electron chi connectivity index (χ2n) is 7.57. The van der Waals surface area contributed by atoms with Crippen LogP contribution in [0.25, 0.3) is 0 Å². The Labute approximate surface area is 171 Å². The van der Waals surface area contributed by atoms with E-state index in [0.29, 0.717) is 18.8 Å². The molecule has 1 fully saturated rings. The van der Waals surface area contributed by atoms with Crippen LogP contribution >= 0.6 is 0 Å². The first-order chi connectivity index (χ1) is 14.2. The molecule has 2 aliphatic rings. The van der Waals surface area contributed by atoms with Crippen molar-refractivity contribution in [2.24, 2.45) is 0 Å². The highest BCUT2D eigenvalue weighted by molar-refractivity contribution is 5.76. The van der Waals surface area contributed by atoms with Crippen molar-refractivity contribution in [3.63, 3.8) is 0 Å². The van der Waals surface area contributed by atoms with Gasteiger partial charge in [0.1, 0.15) is 23.9 Å². The summed E-state index contributed by atoms with van der Waals surface area (Å²) in [5.41, 5.74) is 2.46. The van der Waals surface area contributed by atoms with Crippen molar-refractivity contribution in [3.8, 4) is 11.5 Å². The van der Waals surface area contributed by atoms with Crippen molar-refractivity contribution < 1.29 is 18.7 Å². The minimum absolute atomic E-state index is 0.226. The number of fused-ring (bicyclic) bond motifs is 1. The Hall–Kier alpha value is -2.60. The van der Waals surface area contributed by atoms with Crippen LogP contribution in [0, 0.1) is 5.82 Å². The van der Waals surface area contributed by atoms with Gasteiger partial charge >= 0.3 is 0 Å². The Balaban J connectivity index is 1.15. The third-order valence-corrected chi connectivity index (χ3v) is 5.60. The predicted molar refractivity (Wildman–Crippen MR) is 109 cm³/mol. The van der Waals surface area contributed by atoms with E-state index in [1.807, 2.05) is 11.0 Å². The fourth-order valence-electron chi connectivity index (χ4n) is 3.85. The van der Waals surface area contributed by atoms with Crippen LogP contribution in [0.1, 0.15) is 17.5 Å². The van der Waals surface area contributed by atoms with Gasteiger partial charge in [0.05, 0.1) is 6.61 Å². The lowest BCUT2D eigenvalue weighted by atomic mass is 10.0. The summed E-state index contributed by atoms with van der Waals surface area (Å²) in [6.45, 7) is 5.35. The average Bonchev–Trinajstić information content (AvgIpc) is 3.22. The number of piperazine rings is 1. The van der Waals surface area contributed by atoms with Crippen LogP contribution in [-0.2, 0) is 17.6 Å². The van der Waals surface area contributed by atoms with E-state index in [4.69, 9.17) is 9.47 Å². The van der Waals surface area contributed by atoms with E-state index < -0.39 is 0 Å². The largest absolute Gasteiger partial charge is 0.493 e. The number of carbonyl (C=O) groups is 1. The molecule has 0 saturated carbocycles. The second kappa shape index (κ2) is 9.27. The number of hydrogen-bond acceptors (Lipinski definition) is 4. The first-order valence-electron chi connectivity index (χ1n) is 10.3. The molecule has 0 aliphatic carbocycles. The number of amides is 1. The van der Waals surface area contributed by atoms with Crippen molar-refractivity contribution in [2.75, 3.05) is 45.9 Å². The van der Waals surface area contributed by atoms with Crippen LogP contribution in [0.4, 0.5) is 4.39 Å². The molecule has 0 N–H and O–H groups in total. The van der Waals surface area contributed by atoms with Gasteiger partial charge in [-0.3, -0.25) is 9.69 Å². The average molecular weight is 398 g/mol. The number of aryl methyl sites for hydroxylation is 1. The molecule has 154 valence electrons. The summed E-state index contributed by atoms with van der Waals surface area (Å²) in [6, 6.07) is 12.3. The van der Waals surface area contributed by atoms with Gasteiger partial charge in [0, 0.05) is 45.6 Å². The van der Waals surface area contributed by atoms with Crippen molar-refractivity contribution in [1.82, 2.24) is 9.80 Å². The standard InChI is InChI=1S/C23H27FN2O3/c24-20-3-5-21(6-4-20)28-16-14-25-10-12-26(13-11-25)23(27)8-2-18-1-7-22-19(17-18)9-15-29-22/h1,3-7,17H,2,8-16H2. The molecule has 2 heterocycles. The zero-order chi connectivity index (χ0) is 20.1. The SMILES string of the molecule is O=C(CCc1ccc2c(c1)CCO2)N1CCN(CCOc2ccc(F)cc2)CC1. The molecule has 1 amide bonds. The Morgan fingerprint density at radius 3 is 2.66 bits per heavy atom. The lowest BCUT2D eigenvalue weighted by Crippen LogP contribution is -2.49. The summed E-state index contributed by atoms with van der Waals surface area (Å²) < 4.78 is 24.1. The predicted octanol–water partition coefficient (Wildman–Crippen LogP) is 2.92. The number of ether oxygens (including phenoxy) is 2. The summed E-state index contributed by atoms with van der Waals surface area (Å²) in [4.78, 5) is 16.8. The van der Waals surface area contributed by atoms with Crippen LogP contribution < -0.4 is 9.47 Å².